The maximum absolute atomic E-state index is 4.07. The number of aryl methyl sites for hydroxylation is 1. The molecule has 0 spiro atoms. The number of aromatic nitrogens is 1. The average Bonchev–Trinajstić information content (AvgIpc) is 2.14. The van der Waals surface area contributed by atoms with Crippen LogP contribution in [0, 0.1) is 0 Å². The summed E-state index contributed by atoms with van der Waals surface area (Å²) < 4.78 is 0. The van der Waals surface area contributed by atoms with Crippen molar-refractivity contribution in [3.05, 3.63) is 30.1 Å². The van der Waals surface area contributed by atoms with Gasteiger partial charge in [-0.25, -0.2) is 0 Å². The fraction of sp³-hybridized carbons (Fsp3) is 0.500. The Morgan fingerprint density at radius 2 is 2.33 bits per heavy atom. The molecule has 0 unspecified atom stereocenters. The third kappa shape index (κ3) is 3.77. The van der Waals surface area contributed by atoms with Crippen molar-refractivity contribution in [2.75, 3.05) is 11.5 Å². The maximum atomic E-state index is 4.07. The monoisotopic (exact) mass is 181 g/mol. The summed E-state index contributed by atoms with van der Waals surface area (Å²) in [5, 5.41) is 0. The maximum Gasteiger partial charge on any atom is 0.0300 e. The predicted molar refractivity (Wildman–Crippen MR) is 55.6 cm³/mol. The molecule has 0 bridgehead atoms. The molecule has 0 fully saturated rings. The van der Waals surface area contributed by atoms with Gasteiger partial charge in [-0.2, -0.15) is 11.8 Å². The molecule has 0 amide bonds. The Bertz CT molecular complexity index is 198. The molecule has 0 radical (unpaired) electrons. The second-order valence-corrected chi connectivity index (χ2v) is 3.95. The lowest BCUT2D eigenvalue weighted by Crippen LogP contribution is -1.89. The van der Waals surface area contributed by atoms with Gasteiger partial charge in [0.25, 0.3) is 0 Å². The van der Waals surface area contributed by atoms with E-state index in [4.69, 9.17) is 0 Å². The quantitative estimate of drug-likeness (QED) is 0.648. The fourth-order valence-corrected chi connectivity index (χ4v) is 1.86. The first kappa shape index (κ1) is 9.59. The van der Waals surface area contributed by atoms with Crippen LogP contribution in [-0.4, -0.2) is 16.5 Å². The van der Waals surface area contributed by atoms with Crippen LogP contribution in [0.3, 0.4) is 0 Å². The summed E-state index contributed by atoms with van der Waals surface area (Å²) in [7, 11) is 0. The van der Waals surface area contributed by atoms with E-state index in [9.17, 15) is 0 Å². The van der Waals surface area contributed by atoms with Gasteiger partial charge in [0.05, 0.1) is 0 Å². The van der Waals surface area contributed by atoms with Gasteiger partial charge in [0, 0.05) is 12.4 Å². The molecule has 0 atom stereocenters. The number of nitrogens with zero attached hydrogens (tertiary/aromatic N) is 1. The predicted octanol–water partition coefficient (Wildman–Crippen LogP) is 2.77. The zero-order valence-corrected chi connectivity index (χ0v) is 8.31. The minimum atomic E-state index is 1.15. The summed E-state index contributed by atoms with van der Waals surface area (Å²) in [6, 6.07) is 4.14. The number of hydrogen-bond donors (Lipinski definition) is 0. The van der Waals surface area contributed by atoms with Crippen LogP contribution in [-0.2, 0) is 6.42 Å². The Kier molecular flexibility index (Phi) is 4.85. The van der Waals surface area contributed by atoms with Gasteiger partial charge in [-0.15, -0.1) is 0 Å². The van der Waals surface area contributed by atoms with E-state index < -0.39 is 0 Å². The summed E-state index contributed by atoms with van der Waals surface area (Å²) in [5.74, 6) is 2.50. The van der Waals surface area contributed by atoms with Gasteiger partial charge in [-0.3, -0.25) is 4.98 Å². The van der Waals surface area contributed by atoms with Gasteiger partial charge in [0.2, 0.25) is 0 Å². The summed E-state index contributed by atoms with van der Waals surface area (Å²) >= 11 is 2.02. The Morgan fingerprint density at radius 1 is 1.42 bits per heavy atom. The molecule has 1 heterocycles. The molecule has 0 aliphatic heterocycles. The lowest BCUT2D eigenvalue weighted by molar-refractivity contribution is 1.08. The Balaban J connectivity index is 2.16. The van der Waals surface area contributed by atoms with Crippen molar-refractivity contribution in [3.63, 3.8) is 0 Å². The molecular weight excluding hydrogens is 166 g/mol. The van der Waals surface area contributed by atoms with E-state index in [1.54, 1.807) is 0 Å². The molecule has 12 heavy (non-hydrogen) atoms. The molecule has 0 aromatic carbocycles. The first-order valence-corrected chi connectivity index (χ1v) is 5.55. The van der Waals surface area contributed by atoms with E-state index in [1.165, 1.54) is 23.5 Å². The highest BCUT2D eigenvalue weighted by Gasteiger charge is 1.91. The normalized spacial score (nSPS) is 10.1. The van der Waals surface area contributed by atoms with Gasteiger partial charge in [-0.1, -0.05) is 13.0 Å². The smallest absolute Gasteiger partial charge is 0.0300 e. The molecule has 2 heteroatoms. The Morgan fingerprint density at radius 3 is 3.00 bits per heavy atom. The summed E-state index contributed by atoms with van der Waals surface area (Å²) in [5.41, 5.74) is 1.35. The minimum absolute atomic E-state index is 1.15. The first-order valence-electron chi connectivity index (χ1n) is 4.40. The van der Waals surface area contributed by atoms with Crippen molar-refractivity contribution >= 4 is 11.8 Å². The SMILES string of the molecule is CCCSCCc1cccnc1. The molecule has 66 valence electrons. The van der Waals surface area contributed by atoms with Crippen LogP contribution >= 0.6 is 11.8 Å². The molecule has 1 rings (SSSR count). The highest BCUT2D eigenvalue weighted by Crippen LogP contribution is 2.06. The van der Waals surface area contributed by atoms with Gasteiger partial charge >= 0.3 is 0 Å². The van der Waals surface area contributed by atoms with Crippen LogP contribution in [0.15, 0.2) is 24.5 Å². The van der Waals surface area contributed by atoms with Crippen LogP contribution in [0.2, 0.25) is 0 Å². The molecule has 0 aliphatic carbocycles. The second kappa shape index (κ2) is 6.06. The third-order valence-corrected chi connectivity index (χ3v) is 2.80. The topological polar surface area (TPSA) is 12.9 Å². The van der Waals surface area contributed by atoms with Gasteiger partial charge < -0.3 is 0 Å². The van der Waals surface area contributed by atoms with Crippen molar-refractivity contribution < 1.29 is 0 Å². The number of rotatable bonds is 5. The first-order chi connectivity index (χ1) is 5.93. The van der Waals surface area contributed by atoms with Crippen LogP contribution in [0.25, 0.3) is 0 Å². The second-order valence-electron chi connectivity index (χ2n) is 2.72. The molecule has 1 aromatic rings. The largest absolute Gasteiger partial charge is 0.264 e. The highest BCUT2D eigenvalue weighted by atomic mass is 32.2. The van der Waals surface area contributed by atoms with Crippen LogP contribution in [0.4, 0.5) is 0 Å². The molecule has 1 nitrogen and oxygen atoms in total. The number of hydrogen-bond acceptors (Lipinski definition) is 2. The molecule has 0 saturated carbocycles. The third-order valence-electron chi connectivity index (χ3n) is 1.61. The zero-order chi connectivity index (χ0) is 8.65. The van der Waals surface area contributed by atoms with E-state index >= 15 is 0 Å². The summed E-state index contributed by atoms with van der Waals surface area (Å²) in [4.78, 5) is 4.07. The molecule has 0 N–H and O–H groups in total. The van der Waals surface area contributed by atoms with Gasteiger partial charge in [-0.05, 0) is 36.0 Å². The fourth-order valence-electron chi connectivity index (χ4n) is 0.982. The van der Waals surface area contributed by atoms with Crippen LogP contribution in [0.5, 0.6) is 0 Å². The van der Waals surface area contributed by atoms with E-state index in [2.05, 4.69) is 18.0 Å². The highest BCUT2D eigenvalue weighted by molar-refractivity contribution is 7.99. The van der Waals surface area contributed by atoms with Crippen molar-refractivity contribution in [3.8, 4) is 0 Å². The van der Waals surface area contributed by atoms with E-state index in [0.29, 0.717) is 0 Å². The van der Waals surface area contributed by atoms with Gasteiger partial charge in [0.15, 0.2) is 0 Å². The van der Waals surface area contributed by atoms with Crippen molar-refractivity contribution in [1.82, 2.24) is 4.98 Å². The molecular formula is C10H15NS. The van der Waals surface area contributed by atoms with Crippen molar-refractivity contribution in [2.45, 2.75) is 19.8 Å². The number of pyridine rings is 1. The lowest BCUT2D eigenvalue weighted by Gasteiger charge is -1.99. The lowest BCUT2D eigenvalue weighted by atomic mass is 10.2. The van der Waals surface area contributed by atoms with Crippen LogP contribution in [0.1, 0.15) is 18.9 Å². The molecule has 0 aliphatic rings. The standard InChI is InChI=1S/C10H15NS/c1-2-7-12-8-5-10-4-3-6-11-9-10/h3-4,6,9H,2,5,7-8H2,1H3. The van der Waals surface area contributed by atoms with E-state index in [-0.39, 0.29) is 0 Å². The van der Waals surface area contributed by atoms with E-state index in [0.717, 1.165) is 6.42 Å². The minimum Gasteiger partial charge on any atom is -0.264 e. The summed E-state index contributed by atoms with van der Waals surface area (Å²) in [6.07, 6.45) is 6.20. The van der Waals surface area contributed by atoms with E-state index in [1.807, 2.05) is 30.2 Å². The average molecular weight is 181 g/mol. The van der Waals surface area contributed by atoms with Crippen molar-refractivity contribution in [1.29, 1.82) is 0 Å². The summed E-state index contributed by atoms with van der Waals surface area (Å²) in [6.45, 7) is 2.22. The molecule has 0 saturated heterocycles. The number of thioether (sulfide) groups is 1. The zero-order valence-electron chi connectivity index (χ0n) is 7.49. The van der Waals surface area contributed by atoms with Crippen LogP contribution < -0.4 is 0 Å². The Labute approximate surface area is 78.6 Å². The Hall–Kier alpha value is -0.500. The molecule has 1 aromatic heterocycles. The van der Waals surface area contributed by atoms with Crippen molar-refractivity contribution in [2.24, 2.45) is 0 Å². The van der Waals surface area contributed by atoms with Gasteiger partial charge in [0.1, 0.15) is 0 Å².